The van der Waals surface area contributed by atoms with Crippen molar-refractivity contribution in [2.75, 3.05) is 6.54 Å². The fourth-order valence-electron chi connectivity index (χ4n) is 1.22. The second-order valence-corrected chi connectivity index (χ2v) is 3.00. The monoisotopic (exact) mass is 225 g/mol. The summed E-state index contributed by atoms with van der Waals surface area (Å²) in [5.74, 6) is -4.25. The molecular formula is C9H8F5N. The lowest BCUT2D eigenvalue weighted by molar-refractivity contribution is -0.148. The van der Waals surface area contributed by atoms with Gasteiger partial charge in [0.25, 0.3) is 0 Å². The SMILES string of the molecule is NCC(c1ccc(F)cc1F)C(F)(F)F. The first-order valence-electron chi connectivity index (χ1n) is 4.08. The molecule has 1 atom stereocenters. The summed E-state index contributed by atoms with van der Waals surface area (Å²) in [7, 11) is 0. The minimum Gasteiger partial charge on any atom is -0.330 e. The predicted molar refractivity (Wildman–Crippen MR) is 44.2 cm³/mol. The molecule has 0 aliphatic heterocycles. The van der Waals surface area contributed by atoms with Crippen LogP contribution in [0.15, 0.2) is 18.2 Å². The molecule has 6 heteroatoms. The summed E-state index contributed by atoms with van der Waals surface area (Å²) in [6, 6.07) is 1.94. The van der Waals surface area contributed by atoms with E-state index in [1.807, 2.05) is 0 Å². The van der Waals surface area contributed by atoms with Gasteiger partial charge < -0.3 is 5.73 Å². The highest BCUT2D eigenvalue weighted by molar-refractivity contribution is 5.24. The quantitative estimate of drug-likeness (QED) is 0.769. The predicted octanol–water partition coefficient (Wildman–Crippen LogP) is 2.57. The number of alkyl halides is 3. The molecule has 0 amide bonds. The lowest BCUT2D eigenvalue weighted by Gasteiger charge is -2.19. The van der Waals surface area contributed by atoms with Crippen molar-refractivity contribution in [2.45, 2.75) is 12.1 Å². The number of hydrogen-bond donors (Lipinski definition) is 1. The fourth-order valence-corrected chi connectivity index (χ4v) is 1.22. The van der Waals surface area contributed by atoms with Gasteiger partial charge in [-0.05, 0) is 6.07 Å². The van der Waals surface area contributed by atoms with Gasteiger partial charge in [0.2, 0.25) is 0 Å². The molecule has 1 aromatic rings. The van der Waals surface area contributed by atoms with Crippen LogP contribution in [0.25, 0.3) is 0 Å². The van der Waals surface area contributed by atoms with Crippen molar-refractivity contribution in [1.29, 1.82) is 0 Å². The average molecular weight is 225 g/mol. The molecule has 1 nitrogen and oxygen atoms in total. The van der Waals surface area contributed by atoms with Crippen molar-refractivity contribution in [1.82, 2.24) is 0 Å². The van der Waals surface area contributed by atoms with Crippen LogP contribution in [-0.4, -0.2) is 12.7 Å². The van der Waals surface area contributed by atoms with Crippen molar-refractivity contribution in [3.63, 3.8) is 0 Å². The Bertz CT molecular complexity index is 347. The van der Waals surface area contributed by atoms with E-state index in [4.69, 9.17) is 5.73 Å². The van der Waals surface area contributed by atoms with Crippen LogP contribution in [0.4, 0.5) is 22.0 Å². The van der Waals surface area contributed by atoms with E-state index in [0.29, 0.717) is 6.07 Å². The van der Waals surface area contributed by atoms with E-state index in [0.717, 1.165) is 12.1 Å². The Kier molecular flexibility index (Phi) is 3.28. The summed E-state index contributed by atoms with van der Waals surface area (Å²) in [4.78, 5) is 0. The van der Waals surface area contributed by atoms with Crippen LogP contribution in [0.5, 0.6) is 0 Å². The lowest BCUT2D eigenvalue weighted by atomic mass is 9.98. The van der Waals surface area contributed by atoms with Gasteiger partial charge in [0, 0.05) is 18.2 Å². The Morgan fingerprint density at radius 3 is 2.20 bits per heavy atom. The third-order valence-corrected chi connectivity index (χ3v) is 1.97. The van der Waals surface area contributed by atoms with Gasteiger partial charge in [0.05, 0.1) is 5.92 Å². The molecule has 0 saturated heterocycles. The summed E-state index contributed by atoms with van der Waals surface area (Å²) in [6.45, 7) is -0.772. The lowest BCUT2D eigenvalue weighted by Crippen LogP contribution is -2.28. The van der Waals surface area contributed by atoms with Crippen LogP contribution in [0, 0.1) is 11.6 Å². The molecular weight excluding hydrogens is 217 g/mol. The van der Waals surface area contributed by atoms with Crippen molar-refractivity contribution >= 4 is 0 Å². The Hall–Kier alpha value is -1.17. The normalized spacial score (nSPS) is 14.0. The van der Waals surface area contributed by atoms with Gasteiger partial charge in [-0.1, -0.05) is 6.07 Å². The molecule has 1 rings (SSSR count). The molecule has 0 fully saturated rings. The third kappa shape index (κ3) is 2.65. The second-order valence-electron chi connectivity index (χ2n) is 3.00. The zero-order valence-electron chi connectivity index (χ0n) is 7.48. The largest absolute Gasteiger partial charge is 0.397 e. The third-order valence-electron chi connectivity index (χ3n) is 1.97. The highest BCUT2D eigenvalue weighted by Crippen LogP contribution is 2.35. The summed E-state index contributed by atoms with van der Waals surface area (Å²) in [5, 5.41) is 0. The van der Waals surface area contributed by atoms with Gasteiger partial charge in [-0.2, -0.15) is 13.2 Å². The van der Waals surface area contributed by atoms with Gasteiger partial charge in [-0.3, -0.25) is 0 Å². The van der Waals surface area contributed by atoms with E-state index >= 15 is 0 Å². The standard InChI is InChI=1S/C9H8F5N/c10-5-1-2-6(8(11)3-5)7(4-15)9(12,13)14/h1-3,7H,4,15H2. The number of hydrogen-bond acceptors (Lipinski definition) is 1. The number of halogens is 5. The van der Waals surface area contributed by atoms with Gasteiger partial charge in [-0.25, -0.2) is 8.78 Å². The van der Waals surface area contributed by atoms with E-state index in [2.05, 4.69) is 0 Å². The van der Waals surface area contributed by atoms with Gasteiger partial charge in [0.15, 0.2) is 0 Å². The Balaban J connectivity index is 3.13. The molecule has 0 aliphatic rings. The van der Waals surface area contributed by atoms with Gasteiger partial charge in [0.1, 0.15) is 11.6 Å². The molecule has 0 spiro atoms. The molecule has 0 aromatic heterocycles. The molecule has 15 heavy (non-hydrogen) atoms. The minimum absolute atomic E-state index is 0.406. The Labute approximate surface area is 82.7 Å². The first-order valence-corrected chi connectivity index (χ1v) is 4.08. The first kappa shape index (κ1) is 11.9. The molecule has 0 radical (unpaired) electrons. The Morgan fingerprint density at radius 1 is 1.20 bits per heavy atom. The van der Waals surface area contributed by atoms with Crippen LogP contribution < -0.4 is 5.73 Å². The zero-order valence-corrected chi connectivity index (χ0v) is 7.48. The molecule has 0 aliphatic carbocycles. The van der Waals surface area contributed by atoms with Crippen LogP contribution in [0.1, 0.15) is 11.5 Å². The summed E-state index contributed by atoms with van der Waals surface area (Å²) in [5.41, 5.74) is 4.28. The van der Waals surface area contributed by atoms with Crippen molar-refractivity contribution in [3.05, 3.63) is 35.4 Å². The molecule has 1 aromatic carbocycles. The van der Waals surface area contributed by atoms with E-state index in [9.17, 15) is 22.0 Å². The van der Waals surface area contributed by atoms with Crippen LogP contribution >= 0.6 is 0 Å². The van der Waals surface area contributed by atoms with E-state index in [1.54, 1.807) is 0 Å². The van der Waals surface area contributed by atoms with E-state index < -0.39 is 35.8 Å². The van der Waals surface area contributed by atoms with Crippen LogP contribution in [0.2, 0.25) is 0 Å². The van der Waals surface area contributed by atoms with Crippen molar-refractivity contribution < 1.29 is 22.0 Å². The van der Waals surface area contributed by atoms with Crippen LogP contribution in [-0.2, 0) is 0 Å². The fraction of sp³-hybridized carbons (Fsp3) is 0.333. The maximum absolute atomic E-state index is 13.0. The van der Waals surface area contributed by atoms with E-state index in [1.165, 1.54) is 0 Å². The van der Waals surface area contributed by atoms with Crippen molar-refractivity contribution in [2.24, 2.45) is 5.73 Å². The van der Waals surface area contributed by atoms with Gasteiger partial charge in [-0.15, -0.1) is 0 Å². The minimum atomic E-state index is -4.63. The highest BCUT2D eigenvalue weighted by Gasteiger charge is 2.41. The average Bonchev–Trinajstić information content (AvgIpc) is 2.07. The first-order chi connectivity index (χ1) is 6.86. The van der Waals surface area contributed by atoms with Crippen LogP contribution in [0.3, 0.4) is 0 Å². The molecule has 0 saturated carbocycles. The molecule has 0 heterocycles. The smallest absolute Gasteiger partial charge is 0.330 e. The van der Waals surface area contributed by atoms with Gasteiger partial charge >= 0.3 is 6.18 Å². The molecule has 2 N–H and O–H groups in total. The highest BCUT2D eigenvalue weighted by atomic mass is 19.4. The molecule has 0 bridgehead atoms. The number of rotatable bonds is 2. The molecule has 1 unspecified atom stereocenters. The van der Waals surface area contributed by atoms with Crippen molar-refractivity contribution in [3.8, 4) is 0 Å². The molecule has 84 valence electrons. The maximum atomic E-state index is 13.0. The number of benzene rings is 1. The Morgan fingerprint density at radius 2 is 1.80 bits per heavy atom. The summed E-state index contributed by atoms with van der Waals surface area (Å²) >= 11 is 0. The van der Waals surface area contributed by atoms with E-state index in [-0.39, 0.29) is 0 Å². The summed E-state index contributed by atoms with van der Waals surface area (Å²) in [6.07, 6.45) is -4.63. The second kappa shape index (κ2) is 4.14. The maximum Gasteiger partial charge on any atom is 0.397 e. The zero-order chi connectivity index (χ0) is 11.6. The summed E-state index contributed by atoms with van der Waals surface area (Å²) < 4.78 is 62.5. The topological polar surface area (TPSA) is 26.0 Å². The number of nitrogens with two attached hydrogens (primary N) is 1.